The smallest absolute Gasteiger partial charge is 0.199 e. The molecule has 2 aromatic heterocycles. The zero-order chi connectivity index (χ0) is 18.9. The number of ketones is 1. The number of rotatable bonds is 1. The van der Waals surface area contributed by atoms with Gasteiger partial charge in [-0.1, -0.05) is 26.8 Å². The van der Waals surface area contributed by atoms with Crippen molar-refractivity contribution >= 4 is 5.78 Å². The summed E-state index contributed by atoms with van der Waals surface area (Å²) in [6.07, 6.45) is 5.20. The van der Waals surface area contributed by atoms with Gasteiger partial charge in [0.25, 0.3) is 0 Å². The van der Waals surface area contributed by atoms with Gasteiger partial charge in [-0.05, 0) is 18.8 Å². The molecule has 2 aliphatic rings. The Balaban J connectivity index is 1.96. The Labute approximate surface area is 152 Å². The van der Waals surface area contributed by atoms with E-state index in [-0.39, 0.29) is 17.3 Å². The van der Waals surface area contributed by atoms with Crippen molar-refractivity contribution in [1.82, 2.24) is 24.5 Å². The highest BCUT2D eigenvalue weighted by Crippen LogP contribution is 2.55. The molecule has 0 radical (unpaired) electrons. The van der Waals surface area contributed by atoms with E-state index in [1.54, 1.807) is 11.0 Å². The van der Waals surface area contributed by atoms with E-state index in [4.69, 9.17) is 5.10 Å². The summed E-state index contributed by atoms with van der Waals surface area (Å²) in [7, 11) is 3.74. The van der Waals surface area contributed by atoms with E-state index in [1.165, 1.54) is 0 Å². The van der Waals surface area contributed by atoms with Crippen molar-refractivity contribution in [1.29, 1.82) is 5.26 Å². The Hall–Kier alpha value is -2.75. The molecule has 0 spiro atoms. The van der Waals surface area contributed by atoms with E-state index in [9.17, 15) is 10.1 Å². The van der Waals surface area contributed by atoms with Crippen LogP contribution in [-0.2, 0) is 30.7 Å². The molecule has 0 amide bonds. The zero-order valence-corrected chi connectivity index (χ0v) is 15.7. The molecule has 7 heteroatoms. The minimum absolute atomic E-state index is 0.0616. The molecule has 0 N–H and O–H groups in total. The van der Waals surface area contributed by atoms with Gasteiger partial charge in [0.05, 0.1) is 11.3 Å². The van der Waals surface area contributed by atoms with Crippen molar-refractivity contribution in [2.45, 2.75) is 39.0 Å². The minimum Gasteiger partial charge on any atom is -0.293 e. The Morgan fingerprint density at radius 1 is 1.27 bits per heavy atom. The Bertz CT molecular complexity index is 1000. The number of aryl methyl sites for hydroxylation is 2. The predicted octanol–water partition coefficient (Wildman–Crippen LogP) is 2.09. The molecule has 0 unspecified atom stereocenters. The van der Waals surface area contributed by atoms with Crippen LogP contribution in [0.1, 0.15) is 38.4 Å². The Kier molecular flexibility index (Phi) is 3.30. The highest BCUT2D eigenvalue weighted by molar-refractivity contribution is 6.04. The summed E-state index contributed by atoms with van der Waals surface area (Å²) in [6, 6.07) is 2.10. The number of aromatic nitrogens is 5. The highest BCUT2D eigenvalue weighted by Gasteiger charge is 2.55. The molecule has 0 bridgehead atoms. The topological polar surface area (TPSA) is 89.4 Å². The van der Waals surface area contributed by atoms with Crippen LogP contribution in [0.2, 0.25) is 0 Å². The van der Waals surface area contributed by atoms with Crippen molar-refractivity contribution in [3.8, 4) is 17.6 Å². The first-order chi connectivity index (χ1) is 12.2. The van der Waals surface area contributed by atoms with Crippen LogP contribution in [0.15, 0.2) is 18.0 Å². The Morgan fingerprint density at radius 3 is 2.62 bits per heavy atom. The lowest BCUT2D eigenvalue weighted by atomic mass is 9.52. The number of fused-ring (bicyclic) bond motifs is 3. The molecule has 4 rings (SSSR count). The van der Waals surface area contributed by atoms with Gasteiger partial charge in [0, 0.05) is 30.5 Å². The fraction of sp³-hybridized carbons (Fsp3) is 0.526. The second-order valence-corrected chi connectivity index (χ2v) is 8.14. The molecule has 7 nitrogen and oxygen atoms in total. The van der Waals surface area contributed by atoms with E-state index in [0.717, 1.165) is 29.8 Å². The molecule has 26 heavy (non-hydrogen) atoms. The van der Waals surface area contributed by atoms with Gasteiger partial charge in [0.15, 0.2) is 11.6 Å². The first kappa shape index (κ1) is 16.7. The third kappa shape index (κ3) is 1.99. The average molecular weight is 350 g/mol. The van der Waals surface area contributed by atoms with Gasteiger partial charge in [0.2, 0.25) is 0 Å². The van der Waals surface area contributed by atoms with Crippen molar-refractivity contribution in [2.75, 3.05) is 0 Å². The molecule has 0 fully saturated rings. The second kappa shape index (κ2) is 5.13. The standard InChI is InChI=1S/C19H22N6O/c1-18(2)13-7-6-12-14(17-21-10-24(4)23-17)25(5)22-15(12)19(13,3)8-11(9-20)16(18)26/h8,10,13H,6-7H2,1-5H3/t13-,19-/m0/s1. The molecule has 2 aliphatic carbocycles. The van der Waals surface area contributed by atoms with Crippen LogP contribution in [0.5, 0.6) is 0 Å². The average Bonchev–Trinajstić information content (AvgIpc) is 3.14. The van der Waals surface area contributed by atoms with Crippen LogP contribution >= 0.6 is 0 Å². The fourth-order valence-electron chi connectivity index (χ4n) is 4.95. The molecule has 2 atom stereocenters. The molecular weight excluding hydrogens is 328 g/mol. The third-order valence-electron chi connectivity index (χ3n) is 6.14. The number of nitrogens with zero attached hydrogens (tertiary/aromatic N) is 6. The second-order valence-electron chi connectivity index (χ2n) is 8.14. The summed E-state index contributed by atoms with van der Waals surface area (Å²) in [5.74, 6) is 0.696. The zero-order valence-electron chi connectivity index (χ0n) is 15.7. The fourth-order valence-corrected chi connectivity index (χ4v) is 4.95. The lowest BCUT2D eigenvalue weighted by Gasteiger charge is -2.49. The maximum Gasteiger partial charge on any atom is 0.199 e. The summed E-state index contributed by atoms with van der Waals surface area (Å²) >= 11 is 0. The van der Waals surface area contributed by atoms with Crippen molar-refractivity contribution in [3.05, 3.63) is 29.2 Å². The first-order valence-electron chi connectivity index (χ1n) is 8.80. The van der Waals surface area contributed by atoms with Crippen LogP contribution in [0.4, 0.5) is 0 Å². The lowest BCUT2D eigenvalue weighted by Crippen LogP contribution is -2.51. The summed E-state index contributed by atoms with van der Waals surface area (Å²) < 4.78 is 3.51. The summed E-state index contributed by atoms with van der Waals surface area (Å²) in [6.45, 7) is 6.01. The molecule has 0 aromatic carbocycles. The molecular formula is C19H22N6O. The summed E-state index contributed by atoms with van der Waals surface area (Å²) in [5, 5.41) is 18.8. The Morgan fingerprint density at radius 2 is 2.00 bits per heavy atom. The number of carbonyl (C=O) groups excluding carboxylic acids is 1. The molecule has 2 aromatic rings. The number of nitriles is 1. The van der Waals surface area contributed by atoms with Crippen LogP contribution in [0.25, 0.3) is 11.5 Å². The maximum atomic E-state index is 12.7. The van der Waals surface area contributed by atoms with Gasteiger partial charge in [-0.15, -0.1) is 5.10 Å². The van der Waals surface area contributed by atoms with Crippen LogP contribution in [0.3, 0.4) is 0 Å². The predicted molar refractivity (Wildman–Crippen MR) is 94.9 cm³/mol. The van der Waals surface area contributed by atoms with Crippen LogP contribution in [-0.4, -0.2) is 30.3 Å². The quantitative estimate of drug-likeness (QED) is 0.786. The van der Waals surface area contributed by atoms with Gasteiger partial charge in [-0.3, -0.25) is 14.2 Å². The molecule has 0 saturated heterocycles. The van der Waals surface area contributed by atoms with E-state index in [1.807, 2.05) is 38.7 Å². The van der Waals surface area contributed by atoms with Gasteiger partial charge in [-0.25, -0.2) is 4.98 Å². The van der Waals surface area contributed by atoms with E-state index in [2.05, 4.69) is 23.1 Å². The van der Waals surface area contributed by atoms with Crippen LogP contribution in [0, 0.1) is 22.7 Å². The van der Waals surface area contributed by atoms with Gasteiger partial charge < -0.3 is 0 Å². The normalized spacial score (nSPS) is 26.7. The number of hydrogen-bond donors (Lipinski definition) is 0. The molecule has 0 aliphatic heterocycles. The number of hydrogen-bond acceptors (Lipinski definition) is 5. The third-order valence-corrected chi connectivity index (χ3v) is 6.14. The minimum atomic E-state index is -0.590. The summed E-state index contributed by atoms with van der Waals surface area (Å²) in [5.41, 5.74) is 2.17. The van der Waals surface area contributed by atoms with E-state index >= 15 is 0 Å². The lowest BCUT2D eigenvalue weighted by molar-refractivity contribution is -0.128. The molecule has 0 saturated carbocycles. The highest BCUT2D eigenvalue weighted by atomic mass is 16.1. The van der Waals surface area contributed by atoms with Crippen molar-refractivity contribution < 1.29 is 4.79 Å². The van der Waals surface area contributed by atoms with Gasteiger partial charge in [-0.2, -0.15) is 10.4 Å². The van der Waals surface area contributed by atoms with E-state index < -0.39 is 10.8 Å². The largest absolute Gasteiger partial charge is 0.293 e. The number of allylic oxidation sites excluding steroid dienone is 2. The SMILES string of the molecule is Cn1cnc(-c2c3c(nn2C)[C@@]2(C)C=C(C#N)C(=O)C(C)(C)[C@@H]2CC3)n1. The molecule has 134 valence electrons. The van der Waals surface area contributed by atoms with Gasteiger partial charge in [0.1, 0.15) is 18.1 Å². The van der Waals surface area contributed by atoms with Crippen molar-refractivity contribution in [3.63, 3.8) is 0 Å². The van der Waals surface area contributed by atoms with Crippen molar-refractivity contribution in [2.24, 2.45) is 25.4 Å². The van der Waals surface area contributed by atoms with Gasteiger partial charge >= 0.3 is 0 Å². The number of carbonyl (C=O) groups is 1. The van der Waals surface area contributed by atoms with E-state index in [0.29, 0.717) is 5.82 Å². The van der Waals surface area contributed by atoms with Crippen LogP contribution < -0.4 is 0 Å². The number of Topliss-reactive ketones (excluding diaryl/α,β-unsaturated/α-hetero) is 1. The summed E-state index contributed by atoms with van der Waals surface area (Å²) in [4.78, 5) is 17.1. The monoisotopic (exact) mass is 350 g/mol. The molecule has 2 heterocycles. The maximum absolute atomic E-state index is 12.7. The first-order valence-corrected chi connectivity index (χ1v) is 8.80.